The van der Waals surface area contributed by atoms with Crippen LogP contribution in [-0.4, -0.2) is 41.2 Å². The van der Waals surface area contributed by atoms with Crippen molar-refractivity contribution in [1.29, 1.82) is 0 Å². The van der Waals surface area contributed by atoms with Gasteiger partial charge in [0, 0.05) is 35.8 Å². The van der Waals surface area contributed by atoms with Crippen LogP contribution in [0.3, 0.4) is 0 Å². The van der Waals surface area contributed by atoms with E-state index in [1.54, 1.807) is 24.4 Å². The van der Waals surface area contributed by atoms with Gasteiger partial charge in [-0.2, -0.15) is 0 Å². The van der Waals surface area contributed by atoms with E-state index in [1.807, 2.05) is 0 Å². The van der Waals surface area contributed by atoms with Crippen molar-refractivity contribution in [1.82, 2.24) is 14.4 Å². The summed E-state index contributed by atoms with van der Waals surface area (Å²) in [5.41, 5.74) is 2.27. The SMILES string of the molecule is CS(=O)(=O)NCCNS(=O)(=O)c1ccc(-c2c[nH]c3cc(F)ccc23)cc1. The summed E-state index contributed by atoms with van der Waals surface area (Å²) in [6, 6.07) is 10.7. The van der Waals surface area contributed by atoms with Gasteiger partial charge in [0.05, 0.1) is 11.2 Å². The highest BCUT2D eigenvalue weighted by molar-refractivity contribution is 7.89. The van der Waals surface area contributed by atoms with Crippen LogP contribution in [0.15, 0.2) is 53.6 Å². The number of sulfonamides is 2. The Labute approximate surface area is 156 Å². The van der Waals surface area contributed by atoms with Crippen LogP contribution in [-0.2, 0) is 20.0 Å². The van der Waals surface area contributed by atoms with Crippen LogP contribution < -0.4 is 9.44 Å². The summed E-state index contributed by atoms with van der Waals surface area (Å²) >= 11 is 0. The Kier molecular flexibility index (Phi) is 5.33. The zero-order valence-corrected chi connectivity index (χ0v) is 16.0. The van der Waals surface area contributed by atoms with Gasteiger partial charge < -0.3 is 4.98 Å². The van der Waals surface area contributed by atoms with Crippen LogP contribution >= 0.6 is 0 Å². The molecule has 3 N–H and O–H groups in total. The first-order valence-electron chi connectivity index (χ1n) is 7.97. The van der Waals surface area contributed by atoms with Crippen molar-refractivity contribution in [2.45, 2.75) is 4.90 Å². The normalized spacial score (nSPS) is 12.5. The lowest BCUT2D eigenvalue weighted by Gasteiger charge is -2.08. The molecule has 10 heteroatoms. The molecule has 0 fully saturated rings. The molecule has 0 saturated heterocycles. The van der Waals surface area contributed by atoms with Gasteiger partial charge in [0.15, 0.2) is 0 Å². The summed E-state index contributed by atoms with van der Waals surface area (Å²) in [7, 11) is -7.12. The third-order valence-corrected chi connectivity index (χ3v) is 6.11. The first-order valence-corrected chi connectivity index (χ1v) is 11.3. The number of aromatic nitrogens is 1. The predicted molar refractivity (Wildman–Crippen MR) is 102 cm³/mol. The molecular formula is C17H18FN3O4S2. The van der Waals surface area contributed by atoms with Crippen LogP contribution in [0, 0.1) is 5.82 Å². The standard InChI is InChI=1S/C17H18FN3O4S2/c1-26(22,23)20-8-9-21-27(24,25)14-5-2-12(3-6-14)16-11-19-17-10-13(18)4-7-15(16)17/h2-7,10-11,19-21H,8-9H2,1H3. The average molecular weight is 411 g/mol. The zero-order valence-electron chi connectivity index (χ0n) is 14.4. The first-order chi connectivity index (χ1) is 12.7. The second-order valence-corrected chi connectivity index (χ2v) is 9.58. The minimum Gasteiger partial charge on any atom is -0.360 e. The fraction of sp³-hybridized carbons (Fsp3) is 0.176. The van der Waals surface area contributed by atoms with Crippen molar-refractivity contribution in [2.75, 3.05) is 19.3 Å². The Balaban J connectivity index is 1.76. The molecule has 144 valence electrons. The molecule has 0 saturated carbocycles. The van der Waals surface area contributed by atoms with Gasteiger partial charge in [0.1, 0.15) is 5.82 Å². The van der Waals surface area contributed by atoms with E-state index >= 15 is 0 Å². The molecule has 0 radical (unpaired) electrons. The lowest BCUT2D eigenvalue weighted by Crippen LogP contribution is -2.34. The second kappa shape index (κ2) is 7.39. The summed E-state index contributed by atoms with van der Waals surface area (Å²) in [6.07, 6.45) is 2.74. The molecule has 0 bridgehead atoms. The molecule has 3 rings (SSSR count). The third-order valence-electron chi connectivity index (χ3n) is 3.90. The smallest absolute Gasteiger partial charge is 0.240 e. The minimum atomic E-state index is -3.75. The van der Waals surface area contributed by atoms with Crippen molar-refractivity contribution in [3.05, 3.63) is 54.5 Å². The average Bonchev–Trinajstić information content (AvgIpc) is 3.01. The topological polar surface area (TPSA) is 108 Å². The predicted octanol–water partition coefficient (Wildman–Crippen LogP) is 1.80. The van der Waals surface area contributed by atoms with Crippen LogP contribution in [0.25, 0.3) is 22.0 Å². The quantitative estimate of drug-likeness (QED) is 0.515. The number of H-pyrrole nitrogens is 1. The largest absolute Gasteiger partial charge is 0.360 e. The monoisotopic (exact) mass is 411 g/mol. The summed E-state index contributed by atoms with van der Waals surface area (Å²) in [5, 5.41) is 0.831. The fourth-order valence-electron chi connectivity index (χ4n) is 2.66. The van der Waals surface area contributed by atoms with Gasteiger partial charge in [-0.1, -0.05) is 12.1 Å². The number of aromatic amines is 1. The second-order valence-electron chi connectivity index (χ2n) is 5.98. The van der Waals surface area contributed by atoms with Crippen molar-refractivity contribution >= 4 is 30.9 Å². The third kappa shape index (κ3) is 4.72. The van der Waals surface area contributed by atoms with Gasteiger partial charge in [-0.3, -0.25) is 0 Å². The molecule has 0 unspecified atom stereocenters. The van der Waals surface area contributed by atoms with E-state index in [0.717, 1.165) is 22.8 Å². The molecule has 7 nitrogen and oxygen atoms in total. The molecule has 3 aromatic rings. The highest BCUT2D eigenvalue weighted by Gasteiger charge is 2.14. The number of hydrogen-bond donors (Lipinski definition) is 3. The number of fused-ring (bicyclic) bond motifs is 1. The number of hydrogen-bond acceptors (Lipinski definition) is 4. The van der Waals surface area contributed by atoms with Gasteiger partial charge in [0.2, 0.25) is 20.0 Å². The highest BCUT2D eigenvalue weighted by atomic mass is 32.2. The maximum absolute atomic E-state index is 13.3. The zero-order chi connectivity index (χ0) is 19.7. The molecule has 1 aromatic heterocycles. The van der Waals surface area contributed by atoms with Crippen molar-refractivity contribution in [3.8, 4) is 11.1 Å². The van der Waals surface area contributed by atoms with E-state index in [2.05, 4.69) is 14.4 Å². The van der Waals surface area contributed by atoms with E-state index in [4.69, 9.17) is 0 Å². The Morgan fingerprint density at radius 1 is 0.963 bits per heavy atom. The van der Waals surface area contributed by atoms with Crippen LogP contribution in [0.1, 0.15) is 0 Å². The Morgan fingerprint density at radius 3 is 2.30 bits per heavy atom. The Hall–Kier alpha value is -2.27. The summed E-state index contributed by atoms with van der Waals surface area (Å²) in [4.78, 5) is 3.06. The van der Waals surface area contributed by atoms with E-state index in [1.165, 1.54) is 24.3 Å². The van der Waals surface area contributed by atoms with Gasteiger partial charge >= 0.3 is 0 Å². The molecular weight excluding hydrogens is 393 g/mol. The van der Waals surface area contributed by atoms with Crippen molar-refractivity contribution < 1.29 is 21.2 Å². The van der Waals surface area contributed by atoms with Crippen LogP contribution in [0.2, 0.25) is 0 Å². The van der Waals surface area contributed by atoms with Gasteiger partial charge in [0.25, 0.3) is 0 Å². The number of halogens is 1. The van der Waals surface area contributed by atoms with Crippen LogP contribution in [0.5, 0.6) is 0 Å². The van der Waals surface area contributed by atoms with Gasteiger partial charge in [-0.15, -0.1) is 0 Å². The van der Waals surface area contributed by atoms with Gasteiger partial charge in [-0.25, -0.2) is 30.7 Å². The molecule has 2 aromatic carbocycles. The molecule has 0 aliphatic heterocycles. The highest BCUT2D eigenvalue weighted by Crippen LogP contribution is 2.29. The molecule has 0 aliphatic rings. The molecule has 0 atom stereocenters. The van der Waals surface area contributed by atoms with E-state index in [-0.39, 0.29) is 23.8 Å². The van der Waals surface area contributed by atoms with E-state index in [9.17, 15) is 21.2 Å². The lowest BCUT2D eigenvalue weighted by molar-refractivity contribution is 0.573. The maximum Gasteiger partial charge on any atom is 0.240 e. The molecule has 0 amide bonds. The maximum atomic E-state index is 13.3. The molecule has 0 aliphatic carbocycles. The summed E-state index contributed by atoms with van der Waals surface area (Å²) in [5.74, 6) is -0.339. The fourth-order valence-corrected chi connectivity index (χ4v) is 4.16. The summed E-state index contributed by atoms with van der Waals surface area (Å²) in [6.45, 7) is -0.104. The first kappa shape index (κ1) is 19.5. The Morgan fingerprint density at radius 2 is 1.63 bits per heavy atom. The summed E-state index contributed by atoms with van der Waals surface area (Å²) < 4.78 is 64.3. The van der Waals surface area contributed by atoms with E-state index in [0.29, 0.717) is 5.52 Å². The van der Waals surface area contributed by atoms with E-state index < -0.39 is 20.0 Å². The van der Waals surface area contributed by atoms with Crippen molar-refractivity contribution in [2.24, 2.45) is 0 Å². The number of benzene rings is 2. The molecule has 27 heavy (non-hydrogen) atoms. The minimum absolute atomic E-state index is 0.0396. The Bertz CT molecular complexity index is 1170. The number of nitrogens with one attached hydrogen (secondary N) is 3. The van der Waals surface area contributed by atoms with Crippen molar-refractivity contribution in [3.63, 3.8) is 0 Å². The molecule has 1 heterocycles. The van der Waals surface area contributed by atoms with Crippen LogP contribution in [0.4, 0.5) is 4.39 Å². The number of rotatable bonds is 7. The van der Waals surface area contributed by atoms with Gasteiger partial charge in [-0.05, 0) is 35.9 Å². The molecule has 0 spiro atoms. The lowest BCUT2D eigenvalue weighted by atomic mass is 10.1.